The van der Waals surface area contributed by atoms with E-state index in [-0.39, 0.29) is 10.6 Å². The van der Waals surface area contributed by atoms with Crippen molar-refractivity contribution in [2.45, 2.75) is 4.90 Å². The summed E-state index contributed by atoms with van der Waals surface area (Å²) < 4.78 is 23.1. The number of aromatic hydroxyl groups is 1. The molecule has 0 aliphatic heterocycles. The maximum absolute atomic E-state index is 10.9. The van der Waals surface area contributed by atoms with Gasteiger partial charge in [0.2, 0.25) is 0 Å². The highest BCUT2D eigenvalue weighted by atomic mass is 127. The van der Waals surface area contributed by atoms with Crippen molar-refractivity contribution in [1.29, 1.82) is 0 Å². The second kappa shape index (κ2) is 4.07. The van der Waals surface area contributed by atoms with Crippen LogP contribution in [0.3, 0.4) is 0 Å². The fourth-order valence-corrected chi connectivity index (χ4v) is 2.74. The first-order valence-electron chi connectivity index (χ1n) is 2.95. The Bertz CT molecular complexity index is 443. The third kappa shape index (κ3) is 2.60. The van der Waals surface area contributed by atoms with Crippen LogP contribution in [0.2, 0.25) is 0 Å². The molecule has 1 rings (SSSR count). The molecular weight excluding hydrogens is 441 g/mol. The largest absolute Gasteiger partial charge is 0.505 e. The molecule has 0 heterocycles. The van der Waals surface area contributed by atoms with Gasteiger partial charge in [0.15, 0.2) is 0 Å². The fourth-order valence-electron chi connectivity index (χ4n) is 0.719. The summed E-state index contributed by atoms with van der Waals surface area (Å²) in [5, 5.41) is 9.44. The first-order valence-corrected chi connectivity index (χ1v) is 7.42. The summed E-state index contributed by atoms with van der Waals surface area (Å²) in [6, 6.07) is 2.86. The highest BCUT2D eigenvalue weighted by Crippen LogP contribution is 2.33. The van der Waals surface area contributed by atoms with Crippen LogP contribution in [0.25, 0.3) is 0 Å². The van der Waals surface area contributed by atoms with E-state index < -0.39 is 9.05 Å². The number of rotatable bonds is 1. The summed E-state index contributed by atoms with van der Waals surface area (Å²) in [4.78, 5) is -0.251. The van der Waals surface area contributed by atoms with Crippen LogP contribution in [0, 0.1) is 7.14 Å². The van der Waals surface area contributed by atoms with Gasteiger partial charge in [0, 0.05) is 14.3 Å². The minimum atomic E-state index is -3.86. The van der Waals surface area contributed by atoms with E-state index in [0.29, 0.717) is 3.57 Å². The molecule has 3 nitrogen and oxygen atoms in total. The smallest absolute Gasteiger partial charge is 0.265 e. The van der Waals surface area contributed by atoms with Gasteiger partial charge in [-0.15, -0.1) is 0 Å². The van der Waals surface area contributed by atoms with Gasteiger partial charge in [0.05, 0.1) is 3.57 Å². The van der Waals surface area contributed by atoms with E-state index in [1.165, 1.54) is 6.07 Å². The predicted octanol–water partition coefficient (Wildman–Crippen LogP) is 2.53. The second-order valence-electron chi connectivity index (χ2n) is 2.15. The van der Waals surface area contributed by atoms with E-state index in [1.54, 1.807) is 6.07 Å². The van der Waals surface area contributed by atoms with Crippen molar-refractivity contribution in [3.63, 3.8) is 0 Å². The molecule has 1 N–H and O–H groups in total. The van der Waals surface area contributed by atoms with Gasteiger partial charge in [0.1, 0.15) is 10.6 Å². The maximum Gasteiger partial charge on any atom is 0.265 e. The lowest BCUT2D eigenvalue weighted by Crippen LogP contribution is -1.94. The molecule has 0 spiro atoms. The Hall–Kier alpha value is 0.720. The third-order valence-corrected chi connectivity index (χ3v) is 5.67. The summed E-state index contributed by atoms with van der Waals surface area (Å²) in [7, 11) is 1.24. The lowest BCUT2D eigenvalue weighted by molar-refractivity contribution is 0.455. The van der Waals surface area contributed by atoms with Crippen LogP contribution in [-0.2, 0) is 9.05 Å². The first kappa shape index (κ1) is 11.8. The number of halogens is 3. The normalized spacial score (nSPS) is 11.6. The average molecular weight is 444 g/mol. The second-order valence-corrected chi connectivity index (χ2v) is 6.92. The molecule has 0 aromatic heterocycles. The lowest BCUT2D eigenvalue weighted by Gasteiger charge is -2.03. The van der Waals surface area contributed by atoms with E-state index in [0.717, 1.165) is 3.57 Å². The Balaban J connectivity index is 3.53. The van der Waals surface area contributed by atoms with Crippen LogP contribution in [0.4, 0.5) is 0 Å². The van der Waals surface area contributed by atoms with Crippen LogP contribution in [0.15, 0.2) is 17.0 Å². The molecule has 0 fully saturated rings. The van der Waals surface area contributed by atoms with E-state index in [9.17, 15) is 13.5 Å². The minimum Gasteiger partial charge on any atom is -0.505 e. The number of hydrogen-bond acceptors (Lipinski definition) is 3. The summed E-state index contributed by atoms with van der Waals surface area (Å²) in [6.07, 6.45) is 0. The zero-order valence-electron chi connectivity index (χ0n) is 5.96. The minimum absolute atomic E-state index is 0.251. The molecule has 7 heteroatoms. The molecule has 0 aliphatic carbocycles. The standard InChI is InChI=1S/C6H3ClI2O3S/c7-13(11,12)4-2-1-3(8)5(9)6(4)10/h1-2,10H. The molecule has 0 bridgehead atoms. The Morgan fingerprint density at radius 1 is 1.31 bits per heavy atom. The van der Waals surface area contributed by atoms with Crippen LogP contribution in [0.1, 0.15) is 0 Å². The Labute approximate surface area is 107 Å². The topological polar surface area (TPSA) is 54.4 Å². The molecular formula is C6H3ClI2O3S. The number of phenols is 1. The highest BCUT2D eigenvalue weighted by Gasteiger charge is 2.18. The third-order valence-electron chi connectivity index (χ3n) is 1.29. The van der Waals surface area contributed by atoms with E-state index in [2.05, 4.69) is 0 Å². The summed E-state index contributed by atoms with van der Waals surface area (Å²) in [5.41, 5.74) is 0. The zero-order valence-corrected chi connectivity index (χ0v) is 11.8. The molecule has 72 valence electrons. The van der Waals surface area contributed by atoms with Gasteiger partial charge in [-0.1, -0.05) is 0 Å². The first-order chi connectivity index (χ1) is 5.84. The van der Waals surface area contributed by atoms with Gasteiger partial charge in [-0.05, 0) is 57.3 Å². The fraction of sp³-hybridized carbons (Fsp3) is 0. The quantitative estimate of drug-likeness (QED) is 0.535. The van der Waals surface area contributed by atoms with Gasteiger partial charge in [0.25, 0.3) is 9.05 Å². The average Bonchev–Trinajstić information content (AvgIpc) is 1.98. The van der Waals surface area contributed by atoms with Crippen LogP contribution < -0.4 is 0 Å². The monoisotopic (exact) mass is 444 g/mol. The van der Waals surface area contributed by atoms with Crippen LogP contribution >= 0.6 is 55.9 Å². The highest BCUT2D eigenvalue weighted by molar-refractivity contribution is 14.1. The molecule has 0 aliphatic rings. The maximum atomic E-state index is 10.9. The molecule has 0 amide bonds. The van der Waals surface area contributed by atoms with E-state index in [1.807, 2.05) is 45.2 Å². The summed E-state index contributed by atoms with van der Waals surface area (Å²) >= 11 is 3.84. The zero-order chi connectivity index (χ0) is 10.2. The van der Waals surface area contributed by atoms with Crippen molar-refractivity contribution >= 4 is 64.9 Å². The van der Waals surface area contributed by atoms with Crippen LogP contribution in [-0.4, -0.2) is 13.5 Å². The predicted molar refractivity (Wildman–Crippen MR) is 66.6 cm³/mol. The molecule has 1 aromatic carbocycles. The van der Waals surface area contributed by atoms with Gasteiger partial charge in [-0.3, -0.25) is 0 Å². The molecule has 0 saturated carbocycles. The number of hydrogen-bond donors (Lipinski definition) is 1. The molecule has 0 radical (unpaired) electrons. The Morgan fingerprint density at radius 3 is 2.31 bits per heavy atom. The lowest BCUT2D eigenvalue weighted by atomic mass is 10.3. The van der Waals surface area contributed by atoms with Crippen molar-refractivity contribution in [1.82, 2.24) is 0 Å². The van der Waals surface area contributed by atoms with Crippen molar-refractivity contribution < 1.29 is 13.5 Å². The van der Waals surface area contributed by atoms with Gasteiger partial charge >= 0.3 is 0 Å². The molecule has 1 aromatic rings. The van der Waals surface area contributed by atoms with Crippen molar-refractivity contribution in [2.24, 2.45) is 0 Å². The summed E-state index contributed by atoms with van der Waals surface area (Å²) in [5.74, 6) is -0.289. The number of phenolic OH excluding ortho intramolecular Hbond substituents is 1. The van der Waals surface area contributed by atoms with Crippen LogP contribution in [0.5, 0.6) is 5.75 Å². The van der Waals surface area contributed by atoms with Gasteiger partial charge in [-0.25, -0.2) is 8.42 Å². The van der Waals surface area contributed by atoms with Gasteiger partial charge in [-0.2, -0.15) is 0 Å². The molecule has 0 unspecified atom stereocenters. The SMILES string of the molecule is O=S(=O)(Cl)c1ccc(I)c(I)c1O. The van der Waals surface area contributed by atoms with Crippen molar-refractivity contribution in [3.05, 3.63) is 19.3 Å². The Morgan fingerprint density at radius 2 is 1.85 bits per heavy atom. The van der Waals surface area contributed by atoms with E-state index >= 15 is 0 Å². The molecule has 0 atom stereocenters. The van der Waals surface area contributed by atoms with Crippen molar-refractivity contribution in [2.75, 3.05) is 0 Å². The molecule has 13 heavy (non-hydrogen) atoms. The number of benzene rings is 1. The summed E-state index contributed by atoms with van der Waals surface area (Å²) in [6.45, 7) is 0. The molecule has 0 saturated heterocycles. The van der Waals surface area contributed by atoms with E-state index in [4.69, 9.17) is 10.7 Å². The van der Waals surface area contributed by atoms with Gasteiger partial charge < -0.3 is 5.11 Å². The Kier molecular flexibility index (Phi) is 3.69. The van der Waals surface area contributed by atoms with Crippen molar-refractivity contribution in [3.8, 4) is 5.75 Å².